The first-order valence-electron chi connectivity index (χ1n) is 9.64. The van der Waals surface area contributed by atoms with Crippen LogP contribution in [-0.4, -0.2) is 35.2 Å². The van der Waals surface area contributed by atoms with Gasteiger partial charge in [0.15, 0.2) is 0 Å². The highest BCUT2D eigenvalue weighted by Gasteiger charge is 2.41. The van der Waals surface area contributed by atoms with E-state index in [1.165, 1.54) is 0 Å². The van der Waals surface area contributed by atoms with E-state index >= 15 is 0 Å². The molecule has 1 aliphatic heterocycles. The molecule has 3 aromatic rings. The van der Waals surface area contributed by atoms with E-state index in [1.54, 1.807) is 0 Å². The molecule has 1 fully saturated rings. The molecule has 0 saturated carbocycles. The standard InChI is InChI=1S/C22H24ClN3O2/c1-16-25-19-4-2-3-5-20(19)26(16)13-12-24-21(27)22(10-14-28-15-11-22)17-6-8-18(23)9-7-17/h2-9H,10-15H2,1H3,(H,24,27). The first kappa shape index (κ1) is 19.0. The van der Waals surface area contributed by atoms with Crippen molar-refractivity contribution in [3.05, 3.63) is 64.9 Å². The molecule has 2 aromatic carbocycles. The summed E-state index contributed by atoms with van der Waals surface area (Å²) in [5, 5.41) is 3.84. The molecule has 6 heteroatoms. The Labute approximate surface area is 169 Å². The quantitative estimate of drug-likeness (QED) is 0.711. The van der Waals surface area contributed by atoms with Crippen LogP contribution in [0.3, 0.4) is 0 Å². The monoisotopic (exact) mass is 397 g/mol. The minimum Gasteiger partial charge on any atom is -0.381 e. The minimum atomic E-state index is -0.561. The molecule has 0 radical (unpaired) electrons. The highest BCUT2D eigenvalue weighted by atomic mass is 35.5. The third-order valence-electron chi connectivity index (χ3n) is 5.64. The van der Waals surface area contributed by atoms with Crippen molar-refractivity contribution in [3.63, 3.8) is 0 Å². The summed E-state index contributed by atoms with van der Waals surface area (Å²) in [6, 6.07) is 15.7. The van der Waals surface area contributed by atoms with Crippen LogP contribution >= 0.6 is 11.6 Å². The van der Waals surface area contributed by atoms with Crippen molar-refractivity contribution >= 4 is 28.5 Å². The molecule has 146 valence electrons. The number of nitrogens with zero attached hydrogens (tertiary/aromatic N) is 2. The van der Waals surface area contributed by atoms with Gasteiger partial charge < -0.3 is 14.6 Å². The summed E-state index contributed by atoms with van der Waals surface area (Å²) in [7, 11) is 0. The minimum absolute atomic E-state index is 0.0557. The maximum absolute atomic E-state index is 13.3. The van der Waals surface area contributed by atoms with Crippen molar-refractivity contribution < 1.29 is 9.53 Å². The Hall–Kier alpha value is -2.37. The summed E-state index contributed by atoms with van der Waals surface area (Å²) in [6.45, 7) is 4.40. The molecule has 1 amide bonds. The summed E-state index contributed by atoms with van der Waals surface area (Å²) in [5.74, 6) is 1.01. The van der Waals surface area contributed by atoms with Crippen molar-refractivity contribution in [2.24, 2.45) is 0 Å². The number of hydrogen-bond donors (Lipinski definition) is 1. The van der Waals surface area contributed by atoms with E-state index in [0.717, 1.165) is 22.4 Å². The van der Waals surface area contributed by atoms with E-state index < -0.39 is 5.41 Å². The number of para-hydroxylation sites is 2. The van der Waals surface area contributed by atoms with Crippen LogP contribution in [0.2, 0.25) is 5.02 Å². The largest absolute Gasteiger partial charge is 0.381 e. The summed E-state index contributed by atoms with van der Waals surface area (Å²) >= 11 is 6.04. The Morgan fingerprint density at radius 3 is 2.64 bits per heavy atom. The van der Waals surface area contributed by atoms with Gasteiger partial charge in [-0.2, -0.15) is 0 Å². The van der Waals surface area contributed by atoms with Gasteiger partial charge in [0.05, 0.1) is 16.4 Å². The van der Waals surface area contributed by atoms with Gasteiger partial charge in [-0.05, 0) is 49.6 Å². The number of carbonyl (C=O) groups excluding carboxylic acids is 1. The van der Waals surface area contributed by atoms with E-state index in [9.17, 15) is 4.79 Å². The molecular formula is C22H24ClN3O2. The predicted molar refractivity (Wildman–Crippen MR) is 111 cm³/mol. The molecule has 0 atom stereocenters. The topological polar surface area (TPSA) is 56.2 Å². The molecule has 1 saturated heterocycles. The molecule has 5 nitrogen and oxygen atoms in total. The molecule has 1 aliphatic rings. The summed E-state index contributed by atoms with van der Waals surface area (Å²) in [5.41, 5.74) is 2.51. The summed E-state index contributed by atoms with van der Waals surface area (Å²) in [6.07, 6.45) is 1.35. The third kappa shape index (κ3) is 3.52. The molecule has 0 unspecified atom stereocenters. The third-order valence-corrected chi connectivity index (χ3v) is 5.90. The van der Waals surface area contributed by atoms with Crippen molar-refractivity contribution in [2.75, 3.05) is 19.8 Å². The number of imidazole rings is 1. The maximum atomic E-state index is 13.3. The Bertz CT molecular complexity index is 975. The van der Waals surface area contributed by atoms with Crippen LogP contribution in [-0.2, 0) is 21.5 Å². The zero-order valence-corrected chi connectivity index (χ0v) is 16.7. The molecule has 0 aliphatic carbocycles. The van der Waals surface area contributed by atoms with Gasteiger partial charge in [0, 0.05) is 31.3 Å². The van der Waals surface area contributed by atoms with Crippen LogP contribution < -0.4 is 5.32 Å². The lowest BCUT2D eigenvalue weighted by Gasteiger charge is -2.36. The first-order chi connectivity index (χ1) is 13.6. The van der Waals surface area contributed by atoms with Crippen LogP contribution in [0.1, 0.15) is 24.2 Å². The Morgan fingerprint density at radius 2 is 1.89 bits per heavy atom. The number of rotatable bonds is 5. The van der Waals surface area contributed by atoms with Gasteiger partial charge in [0.25, 0.3) is 0 Å². The fourth-order valence-corrected chi connectivity index (χ4v) is 4.19. The number of carbonyl (C=O) groups is 1. The lowest BCUT2D eigenvalue weighted by Crippen LogP contribution is -2.48. The Balaban J connectivity index is 1.50. The van der Waals surface area contributed by atoms with E-state index in [2.05, 4.69) is 20.9 Å². The van der Waals surface area contributed by atoms with Crippen molar-refractivity contribution in [1.29, 1.82) is 0 Å². The lowest BCUT2D eigenvalue weighted by molar-refractivity contribution is -0.130. The van der Waals surface area contributed by atoms with Crippen LogP contribution in [0.5, 0.6) is 0 Å². The van der Waals surface area contributed by atoms with Crippen molar-refractivity contribution in [2.45, 2.75) is 31.7 Å². The molecule has 28 heavy (non-hydrogen) atoms. The highest BCUT2D eigenvalue weighted by molar-refractivity contribution is 6.30. The number of nitrogens with one attached hydrogen (secondary N) is 1. The summed E-state index contributed by atoms with van der Waals surface area (Å²) in [4.78, 5) is 17.8. The second-order valence-corrected chi connectivity index (χ2v) is 7.69. The normalized spacial score (nSPS) is 16.2. The number of aryl methyl sites for hydroxylation is 1. The van der Waals surface area contributed by atoms with Gasteiger partial charge >= 0.3 is 0 Å². The SMILES string of the molecule is Cc1nc2ccccc2n1CCNC(=O)C1(c2ccc(Cl)cc2)CCOCC1. The van der Waals surface area contributed by atoms with Gasteiger partial charge in [-0.3, -0.25) is 4.79 Å². The highest BCUT2D eigenvalue weighted by Crippen LogP contribution is 2.35. The fourth-order valence-electron chi connectivity index (χ4n) is 4.06. The molecule has 1 aromatic heterocycles. The smallest absolute Gasteiger partial charge is 0.230 e. The van der Waals surface area contributed by atoms with Gasteiger partial charge in [0.2, 0.25) is 5.91 Å². The zero-order valence-electron chi connectivity index (χ0n) is 16.0. The van der Waals surface area contributed by atoms with Crippen molar-refractivity contribution in [1.82, 2.24) is 14.9 Å². The number of halogens is 1. The van der Waals surface area contributed by atoms with Gasteiger partial charge in [-0.25, -0.2) is 4.98 Å². The molecule has 0 spiro atoms. The second-order valence-electron chi connectivity index (χ2n) is 7.26. The van der Waals surface area contributed by atoms with Crippen LogP contribution in [0, 0.1) is 6.92 Å². The number of benzene rings is 2. The van der Waals surface area contributed by atoms with Crippen LogP contribution in [0.4, 0.5) is 0 Å². The van der Waals surface area contributed by atoms with Crippen LogP contribution in [0.15, 0.2) is 48.5 Å². The number of ether oxygens (including phenoxy) is 1. The van der Waals surface area contributed by atoms with E-state index in [1.807, 2.05) is 49.4 Å². The molecule has 1 N–H and O–H groups in total. The zero-order chi connectivity index (χ0) is 19.6. The first-order valence-corrected chi connectivity index (χ1v) is 10.0. The van der Waals surface area contributed by atoms with Crippen LogP contribution in [0.25, 0.3) is 11.0 Å². The number of hydrogen-bond acceptors (Lipinski definition) is 3. The van der Waals surface area contributed by atoms with Gasteiger partial charge in [-0.1, -0.05) is 35.9 Å². The lowest BCUT2D eigenvalue weighted by atomic mass is 9.73. The average Bonchev–Trinajstić information content (AvgIpc) is 3.04. The number of aromatic nitrogens is 2. The fraction of sp³-hybridized carbons (Fsp3) is 0.364. The van der Waals surface area contributed by atoms with E-state index in [4.69, 9.17) is 16.3 Å². The predicted octanol–water partition coefficient (Wildman–Crippen LogP) is 3.86. The van der Waals surface area contributed by atoms with Gasteiger partial charge in [0.1, 0.15) is 5.82 Å². The number of amides is 1. The molecular weight excluding hydrogens is 374 g/mol. The Kier molecular flexibility index (Phi) is 5.38. The number of fused-ring (bicyclic) bond motifs is 1. The Morgan fingerprint density at radius 1 is 1.18 bits per heavy atom. The average molecular weight is 398 g/mol. The van der Waals surface area contributed by atoms with E-state index in [0.29, 0.717) is 44.2 Å². The van der Waals surface area contributed by atoms with Crippen molar-refractivity contribution in [3.8, 4) is 0 Å². The molecule has 2 heterocycles. The van der Waals surface area contributed by atoms with Gasteiger partial charge in [-0.15, -0.1) is 0 Å². The molecule has 4 rings (SSSR count). The maximum Gasteiger partial charge on any atom is 0.230 e. The second kappa shape index (κ2) is 7.94. The molecule has 0 bridgehead atoms. The van der Waals surface area contributed by atoms with E-state index in [-0.39, 0.29) is 5.91 Å². The summed E-state index contributed by atoms with van der Waals surface area (Å²) < 4.78 is 7.68.